The van der Waals surface area contributed by atoms with Gasteiger partial charge in [-0.2, -0.15) is 0 Å². The van der Waals surface area contributed by atoms with Gasteiger partial charge in [0.1, 0.15) is 0 Å². The summed E-state index contributed by atoms with van der Waals surface area (Å²) >= 11 is 5.51. The minimum Gasteiger partial charge on any atom is -0.348 e. The van der Waals surface area contributed by atoms with Crippen LogP contribution in [0.1, 0.15) is 29.2 Å². The largest absolute Gasteiger partial charge is 0.348 e. The van der Waals surface area contributed by atoms with Crippen molar-refractivity contribution in [3.63, 3.8) is 0 Å². The van der Waals surface area contributed by atoms with Crippen LogP contribution in [0.15, 0.2) is 42.5 Å². The van der Waals surface area contributed by atoms with Crippen LogP contribution in [0.5, 0.6) is 0 Å². The maximum Gasteiger partial charge on any atom is 0.173 e. The molecule has 2 nitrogen and oxygen atoms in total. The SMILES string of the molecule is CCc1ccc(CN(C)C(=S)Nc2cc(C)cc(C)c2)cc1. The van der Waals surface area contributed by atoms with E-state index in [0.29, 0.717) is 0 Å². The Balaban J connectivity index is 1.99. The van der Waals surface area contributed by atoms with Crippen LogP contribution in [-0.2, 0) is 13.0 Å². The van der Waals surface area contributed by atoms with Crippen molar-refractivity contribution in [3.8, 4) is 0 Å². The fraction of sp³-hybridized carbons (Fsp3) is 0.316. The van der Waals surface area contributed by atoms with Crippen LogP contribution in [-0.4, -0.2) is 17.1 Å². The van der Waals surface area contributed by atoms with Gasteiger partial charge in [0.25, 0.3) is 0 Å². The van der Waals surface area contributed by atoms with E-state index < -0.39 is 0 Å². The minimum atomic E-state index is 0.740. The lowest BCUT2D eigenvalue weighted by Crippen LogP contribution is -2.30. The minimum absolute atomic E-state index is 0.740. The molecule has 0 aliphatic rings. The fourth-order valence-corrected chi connectivity index (χ4v) is 2.67. The predicted octanol–water partition coefficient (Wildman–Crippen LogP) is 4.69. The first-order valence-corrected chi connectivity index (χ1v) is 8.07. The van der Waals surface area contributed by atoms with Gasteiger partial charge in [0.15, 0.2) is 5.11 Å². The van der Waals surface area contributed by atoms with Crippen LogP contribution in [0.4, 0.5) is 5.69 Å². The summed E-state index contributed by atoms with van der Waals surface area (Å²) in [4.78, 5) is 2.06. The summed E-state index contributed by atoms with van der Waals surface area (Å²) in [5.41, 5.74) is 6.16. The monoisotopic (exact) mass is 312 g/mol. The molecule has 1 N–H and O–H groups in total. The van der Waals surface area contributed by atoms with Crippen molar-refractivity contribution in [2.75, 3.05) is 12.4 Å². The second kappa shape index (κ2) is 7.41. The Morgan fingerprint density at radius 2 is 1.55 bits per heavy atom. The number of benzene rings is 2. The Bertz CT molecular complexity index is 627. The number of rotatable bonds is 4. The van der Waals surface area contributed by atoms with E-state index >= 15 is 0 Å². The van der Waals surface area contributed by atoms with E-state index in [4.69, 9.17) is 12.2 Å². The average Bonchev–Trinajstić information content (AvgIpc) is 2.46. The standard InChI is InChI=1S/C19H24N2S/c1-5-16-6-8-17(9-7-16)13-21(4)19(22)20-18-11-14(2)10-15(3)12-18/h6-12H,5,13H2,1-4H3,(H,20,22). The summed E-state index contributed by atoms with van der Waals surface area (Å²) in [7, 11) is 2.02. The van der Waals surface area contributed by atoms with Gasteiger partial charge < -0.3 is 10.2 Å². The van der Waals surface area contributed by atoms with Gasteiger partial charge in [-0.05, 0) is 66.9 Å². The number of nitrogens with one attached hydrogen (secondary N) is 1. The second-order valence-electron chi connectivity index (χ2n) is 5.83. The molecule has 0 amide bonds. The first kappa shape index (κ1) is 16.5. The molecule has 2 aromatic rings. The van der Waals surface area contributed by atoms with Crippen LogP contribution in [0, 0.1) is 13.8 Å². The van der Waals surface area contributed by atoms with Crippen LogP contribution < -0.4 is 5.32 Å². The number of hydrogen-bond donors (Lipinski definition) is 1. The van der Waals surface area contributed by atoms with Crippen LogP contribution in [0.2, 0.25) is 0 Å². The van der Waals surface area contributed by atoms with E-state index in [0.717, 1.165) is 23.8 Å². The van der Waals surface area contributed by atoms with Crippen molar-refractivity contribution < 1.29 is 0 Å². The van der Waals surface area contributed by atoms with Gasteiger partial charge in [0.05, 0.1) is 0 Å². The van der Waals surface area contributed by atoms with Crippen molar-refractivity contribution in [1.29, 1.82) is 0 Å². The first-order valence-electron chi connectivity index (χ1n) is 7.66. The topological polar surface area (TPSA) is 15.3 Å². The molecule has 22 heavy (non-hydrogen) atoms. The predicted molar refractivity (Wildman–Crippen MR) is 99.4 cm³/mol. The lowest BCUT2D eigenvalue weighted by atomic mass is 10.1. The first-order chi connectivity index (χ1) is 10.5. The molecule has 0 saturated heterocycles. The molecule has 0 radical (unpaired) electrons. The molecule has 3 heteroatoms. The number of hydrogen-bond acceptors (Lipinski definition) is 1. The summed E-state index contributed by atoms with van der Waals surface area (Å²) in [6.45, 7) is 7.17. The van der Waals surface area contributed by atoms with Crippen LogP contribution in [0.25, 0.3) is 0 Å². The normalized spacial score (nSPS) is 10.4. The highest BCUT2D eigenvalue weighted by Gasteiger charge is 2.06. The highest BCUT2D eigenvalue weighted by Crippen LogP contribution is 2.15. The van der Waals surface area contributed by atoms with E-state index in [-0.39, 0.29) is 0 Å². The number of nitrogens with zero attached hydrogens (tertiary/aromatic N) is 1. The van der Waals surface area contributed by atoms with Crippen molar-refractivity contribution >= 4 is 23.0 Å². The molecule has 0 heterocycles. The molecule has 0 aliphatic heterocycles. The molecule has 2 aromatic carbocycles. The van der Waals surface area contributed by atoms with E-state index in [9.17, 15) is 0 Å². The summed E-state index contributed by atoms with van der Waals surface area (Å²) < 4.78 is 0. The van der Waals surface area contributed by atoms with Crippen molar-refractivity contribution in [2.24, 2.45) is 0 Å². The molecule has 0 saturated carbocycles. The van der Waals surface area contributed by atoms with Gasteiger partial charge in [0.2, 0.25) is 0 Å². The van der Waals surface area contributed by atoms with Crippen LogP contribution in [0.3, 0.4) is 0 Å². The fourth-order valence-electron chi connectivity index (χ4n) is 2.49. The van der Waals surface area contributed by atoms with E-state index in [2.05, 4.69) is 73.5 Å². The second-order valence-corrected chi connectivity index (χ2v) is 6.22. The number of thiocarbonyl (C=S) groups is 1. The zero-order valence-electron chi connectivity index (χ0n) is 13.8. The van der Waals surface area contributed by atoms with E-state index in [1.165, 1.54) is 22.3 Å². The third-order valence-corrected chi connectivity index (χ3v) is 4.08. The summed E-state index contributed by atoms with van der Waals surface area (Å²) in [6, 6.07) is 15.1. The van der Waals surface area contributed by atoms with Gasteiger partial charge in [0, 0.05) is 19.3 Å². The maximum atomic E-state index is 5.51. The highest BCUT2D eigenvalue weighted by atomic mass is 32.1. The number of anilines is 1. The molecular formula is C19H24N2S. The van der Waals surface area contributed by atoms with Crippen LogP contribution >= 0.6 is 12.2 Å². The average molecular weight is 312 g/mol. The van der Waals surface area contributed by atoms with Crippen molar-refractivity contribution in [1.82, 2.24) is 4.90 Å². The summed E-state index contributed by atoms with van der Waals surface area (Å²) in [5, 5.41) is 4.06. The Kier molecular flexibility index (Phi) is 5.56. The zero-order chi connectivity index (χ0) is 16.1. The van der Waals surface area contributed by atoms with Crippen molar-refractivity contribution in [2.45, 2.75) is 33.7 Å². The zero-order valence-corrected chi connectivity index (χ0v) is 14.6. The number of aryl methyl sites for hydroxylation is 3. The molecule has 0 aliphatic carbocycles. The Morgan fingerprint density at radius 3 is 2.09 bits per heavy atom. The van der Waals surface area contributed by atoms with E-state index in [1.807, 2.05) is 7.05 Å². The highest BCUT2D eigenvalue weighted by molar-refractivity contribution is 7.80. The Hall–Kier alpha value is -1.87. The quantitative estimate of drug-likeness (QED) is 0.824. The van der Waals surface area contributed by atoms with Gasteiger partial charge >= 0.3 is 0 Å². The lowest BCUT2D eigenvalue weighted by Gasteiger charge is -2.21. The molecule has 0 bridgehead atoms. The van der Waals surface area contributed by atoms with Gasteiger partial charge in [-0.15, -0.1) is 0 Å². The third-order valence-electron chi connectivity index (χ3n) is 3.67. The molecule has 0 atom stereocenters. The smallest absolute Gasteiger partial charge is 0.173 e. The summed E-state index contributed by atoms with van der Waals surface area (Å²) in [5.74, 6) is 0. The lowest BCUT2D eigenvalue weighted by molar-refractivity contribution is 0.508. The molecule has 116 valence electrons. The van der Waals surface area contributed by atoms with Gasteiger partial charge in [-0.3, -0.25) is 0 Å². The molecule has 0 fully saturated rings. The third kappa shape index (κ3) is 4.57. The Morgan fingerprint density at radius 1 is 1.00 bits per heavy atom. The molecule has 0 unspecified atom stereocenters. The molecule has 0 aromatic heterocycles. The van der Waals surface area contributed by atoms with Gasteiger partial charge in [-0.25, -0.2) is 0 Å². The molecule has 2 rings (SSSR count). The molecular weight excluding hydrogens is 288 g/mol. The maximum absolute atomic E-state index is 5.51. The van der Waals surface area contributed by atoms with Gasteiger partial charge in [-0.1, -0.05) is 37.3 Å². The Labute approximate surface area is 139 Å². The summed E-state index contributed by atoms with van der Waals surface area (Å²) in [6.07, 6.45) is 1.07. The van der Waals surface area contributed by atoms with Crippen molar-refractivity contribution in [3.05, 3.63) is 64.7 Å². The van der Waals surface area contributed by atoms with E-state index in [1.54, 1.807) is 0 Å². The molecule has 0 spiro atoms.